The molecule has 0 radical (unpaired) electrons. The molecule has 0 saturated carbocycles. The molecule has 0 aliphatic rings. The second-order valence-electron chi connectivity index (χ2n) is 5.78. The average Bonchev–Trinajstić information content (AvgIpc) is 2.71. The van der Waals surface area contributed by atoms with Gasteiger partial charge >= 0.3 is 0 Å². The Bertz CT molecular complexity index is 914. The summed E-state index contributed by atoms with van der Waals surface area (Å²) in [7, 11) is 0.926. The van der Waals surface area contributed by atoms with Crippen LogP contribution < -0.4 is 24.2 Å². The van der Waals surface area contributed by atoms with Crippen LogP contribution in [0.25, 0.3) is 0 Å². The molecule has 0 bridgehead atoms. The molecule has 9 heteroatoms. The van der Waals surface area contributed by atoms with Gasteiger partial charge in [0.15, 0.2) is 11.5 Å². The SMILES string of the molecule is COc1ccccc1CNS(=O)(=O)CCNC(=O)c1ccc(OC)c(OC)c1. The van der Waals surface area contributed by atoms with Crippen molar-refractivity contribution in [2.75, 3.05) is 33.6 Å². The van der Waals surface area contributed by atoms with E-state index in [1.807, 2.05) is 0 Å². The first-order valence-electron chi connectivity index (χ1n) is 8.49. The van der Waals surface area contributed by atoms with Crippen LogP contribution in [0.1, 0.15) is 15.9 Å². The number of nitrogens with one attached hydrogen (secondary N) is 2. The van der Waals surface area contributed by atoms with Gasteiger partial charge in [0.25, 0.3) is 5.91 Å². The quantitative estimate of drug-likeness (QED) is 0.619. The minimum absolute atomic E-state index is 0.0333. The molecular weight excluding hydrogens is 384 g/mol. The van der Waals surface area contributed by atoms with Gasteiger partial charge in [-0.05, 0) is 24.3 Å². The van der Waals surface area contributed by atoms with Crippen LogP contribution in [0.2, 0.25) is 0 Å². The molecule has 0 aliphatic heterocycles. The third-order valence-corrected chi connectivity index (χ3v) is 5.30. The van der Waals surface area contributed by atoms with E-state index in [4.69, 9.17) is 14.2 Å². The summed E-state index contributed by atoms with van der Waals surface area (Å²) in [6.45, 7) is 0.0738. The Morgan fingerprint density at radius 2 is 1.61 bits per heavy atom. The highest BCUT2D eigenvalue weighted by Crippen LogP contribution is 2.27. The second kappa shape index (κ2) is 9.95. The number of carbonyl (C=O) groups excluding carboxylic acids is 1. The maximum atomic E-state index is 12.2. The molecule has 1 amide bonds. The Kier molecular flexibility index (Phi) is 7.65. The third kappa shape index (κ3) is 5.86. The first-order chi connectivity index (χ1) is 13.4. The van der Waals surface area contributed by atoms with Crippen LogP contribution in [-0.4, -0.2) is 48.0 Å². The van der Waals surface area contributed by atoms with Crippen LogP contribution in [0.4, 0.5) is 0 Å². The standard InChI is InChI=1S/C19H24N2O6S/c1-25-16-7-5-4-6-15(16)13-21-28(23,24)11-10-20-19(22)14-8-9-17(26-2)18(12-14)27-3/h4-9,12,21H,10-11,13H2,1-3H3,(H,20,22). The molecule has 2 N–H and O–H groups in total. The van der Waals surface area contributed by atoms with Crippen molar-refractivity contribution in [1.29, 1.82) is 0 Å². The Labute approximate surface area is 164 Å². The van der Waals surface area contributed by atoms with Crippen molar-refractivity contribution >= 4 is 15.9 Å². The Hall–Kier alpha value is -2.78. The molecule has 0 aliphatic carbocycles. The van der Waals surface area contributed by atoms with Crippen molar-refractivity contribution < 1.29 is 27.4 Å². The van der Waals surface area contributed by atoms with Gasteiger partial charge in [-0.1, -0.05) is 18.2 Å². The van der Waals surface area contributed by atoms with E-state index >= 15 is 0 Å². The summed E-state index contributed by atoms with van der Waals surface area (Å²) in [4.78, 5) is 12.2. The van der Waals surface area contributed by atoms with Gasteiger partial charge in [0.1, 0.15) is 5.75 Å². The maximum Gasteiger partial charge on any atom is 0.251 e. The monoisotopic (exact) mass is 408 g/mol. The number of benzene rings is 2. The van der Waals surface area contributed by atoms with Crippen LogP contribution in [0, 0.1) is 0 Å². The van der Waals surface area contributed by atoms with Crippen molar-refractivity contribution in [2.24, 2.45) is 0 Å². The molecule has 28 heavy (non-hydrogen) atoms. The van der Waals surface area contributed by atoms with E-state index in [0.29, 0.717) is 22.8 Å². The Balaban J connectivity index is 1.88. The predicted molar refractivity (Wildman–Crippen MR) is 105 cm³/mol. The minimum Gasteiger partial charge on any atom is -0.496 e. The van der Waals surface area contributed by atoms with Gasteiger partial charge < -0.3 is 19.5 Å². The van der Waals surface area contributed by atoms with E-state index in [0.717, 1.165) is 5.56 Å². The highest BCUT2D eigenvalue weighted by molar-refractivity contribution is 7.89. The van der Waals surface area contributed by atoms with Gasteiger partial charge in [0.05, 0.1) is 27.1 Å². The van der Waals surface area contributed by atoms with Crippen LogP contribution >= 0.6 is 0 Å². The van der Waals surface area contributed by atoms with Crippen molar-refractivity contribution in [3.63, 3.8) is 0 Å². The number of sulfonamides is 1. The maximum absolute atomic E-state index is 12.2. The van der Waals surface area contributed by atoms with E-state index in [9.17, 15) is 13.2 Å². The smallest absolute Gasteiger partial charge is 0.251 e. The van der Waals surface area contributed by atoms with Crippen molar-refractivity contribution in [3.05, 3.63) is 53.6 Å². The number of hydrogen-bond donors (Lipinski definition) is 2. The summed E-state index contributed by atoms with van der Waals surface area (Å²) in [6, 6.07) is 11.9. The van der Waals surface area contributed by atoms with Gasteiger partial charge in [-0.3, -0.25) is 4.79 Å². The first kappa shape index (κ1) is 21.5. The summed E-state index contributed by atoms with van der Waals surface area (Å²) in [5.74, 6) is 0.873. The summed E-state index contributed by atoms with van der Waals surface area (Å²) in [5, 5.41) is 2.59. The number of para-hydroxylation sites is 1. The molecule has 0 spiro atoms. The van der Waals surface area contributed by atoms with Crippen molar-refractivity contribution in [3.8, 4) is 17.2 Å². The number of rotatable bonds is 10. The lowest BCUT2D eigenvalue weighted by atomic mass is 10.2. The molecule has 0 unspecified atom stereocenters. The summed E-state index contributed by atoms with van der Waals surface area (Å²) >= 11 is 0. The van der Waals surface area contributed by atoms with Gasteiger partial charge in [-0.25, -0.2) is 13.1 Å². The van der Waals surface area contributed by atoms with E-state index in [1.165, 1.54) is 27.4 Å². The molecule has 0 atom stereocenters. The molecular formula is C19H24N2O6S. The lowest BCUT2D eigenvalue weighted by molar-refractivity contribution is 0.0955. The molecule has 0 aromatic heterocycles. The number of methoxy groups -OCH3 is 3. The van der Waals surface area contributed by atoms with Crippen LogP contribution in [0.15, 0.2) is 42.5 Å². The van der Waals surface area contributed by atoms with Crippen molar-refractivity contribution in [1.82, 2.24) is 10.0 Å². The molecule has 0 fully saturated rings. The normalized spacial score (nSPS) is 11.0. The van der Waals surface area contributed by atoms with E-state index in [1.54, 1.807) is 36.4 Å². The zero-order valence-corrected chi connectivity index (χ0v) is 16.8. The molecule has 2 aromatic carbocycles. The van der Waals surface area contributed by atoms with Crippen LogP contribution in [-0.2, 0) is 16.6 Å². The lowest BCUT2D eigenvalue weighted by Crippen LogP contribution is -2.34. The molecule has 0 heterocycles. The fourth-order valence-electron chi connectivity index (χ4n) is 2.49. The summed E-state index contributed by atoms with van der Waals surface area (Å²) in [6.07, 6.45) is 0. The average molecular weight is 408 g/mol. The lowest BCUT2D eigenvalue weighted by Gasteiger charge is -2.11. The number of carbonyl (C=O) groups is 1. The first-order valence-corrected chi connectivity index (χ1v) is 10.1. The van der Waals surface area contributed by atoms with Gasteiger partial charge in [0, 0.05) is 24.2 Å². The number of hydrogen-bond acceptors (Lipinski definition) is 6. The molecule has 2 aromatic rings. The highest BCUT2D eigenvalue weighted by Gasteiger charge is 2.14. The van der Waals surface area contributed by atoms with Crippen molar-refractivity contribution in [2.45, 2.75) is 6.54 Å². The number of ether oxygens (including phenoxy) is 3. The van der Waals surface area contributed by atoms with E-state index < -0.39 is 15.9 Å². The summed E-state index contributed by atoms with van der Waals surface area (Å²) in [5.41, 5.74) is 1.07. The fraction of sp³-hybridized carbons (Fsp3) is 0.316. The zero-order chi connectivity index (χ0) is 20.6. The highest BCUT2D eigenvalue weighted by atomic mass is 32.2. The van der Waals surface area contributed by atoms with Gasteiger partial charge in [-0.15, -0.1) is 0 Å². The number of amides is 1. The molecule has 152 valence electrons. The molecule has 2 rings (SSSR count). The molecule has 0 saturated heterocycles. The van der Waals surface area contributed by atoms with E-state index in [2.05, 4.69) is 10.0 Å². The Morgan fingerprint density at radius 1 is 0.929 bits per heavy atom. The van der Waals surface area contributed by atoms with Crippen LogP contribution in [0.5, 0.6) is 17.2 Å². The third-order valence-electron chi connectivity index (χ3n) is 3.98. The topological polar surface area (TPSA) is 103 Å². The van der Waals surface area contributed by atoms with Crippen LogP contribution in [0.3, 0.4) is 0 Å². The fourth-order valence-corrected chi connectivity index (χ4v) is 3.38. The minimum atomic E-state index is -3.57. The van der Waals surface area contributed by atoms with Gasteiger partial charge in [0.2, 0.25) is 10.0 Å². The summed E-state index contributed by atoms with van der Waals surface area (Å²) < 4.78 is 42.3. The van der Waals surface area contributed by atoms with E-state index in [-0.39, 0.29) is 18.8 Å². The second-order valence-corrected chi connectivity index (χ2v) is 7.70. The molecule has 8 nitrogen and oxygen atoms in total. The van der Waals surface area contributed by atoms with Gasteiger partial charge in [-0.2, -0.15) is 0 Å². The largest absolute Gasteiger partial charge is 0.496 e. The predicted octanol–water partition coefficient (Wildman–Crippen LogP) is 1.56. The zero-order valence-electron chi connectivity index (χ0n) is 16.0. The Morgan fingerprint density at radius 3 is 2.29 bits per heavy atom.